The molecule has 0 aliphatic carbocycles. The molecule has 2 aromatic heterocycles. The molecule has 0 atom stereocenters. The zero-order chi connectivity index (χ0) is 21.5. The van der Waals surface area contributed by atoms with Crippen molar-refractivity contribution in [1.29, 1.82) is 0 Å². The molecule has 154 valence electrons. The van der Waals surface area contributed by atoms with Gasteiger partial charge in [-0.2, -0.15) is 0 Å². The summed E-state index contributed by atoms with van der Waals surface area (Å²) in [6, 6.07) is 19.8. The monoisotopic (exact) mass is 414 g/mol. The van der Waals surface area contributed by atoms with Crippen molar-refractivity contribution in [2.75, 3.05) is 0 Å². The standard InChI is InChI=1S/C24H19FN4O2/c1-2-28-23(30)21-22(26-15-27(21)14-17-9-4-6-12-19(17)25)29(24(28)31)20-13-7-10-16-8-3-5-11-18(16)20/h3-13,15H,2,14H2,1H3. The Labute approximate surface area is 176 Å². The van der Waals surface area contributed by atoms with Gasteiger partial charge in [0.25, 0.3) is 5.56 Å². The van der Waals surface area contributed by atoms with Gasteiger partial charge in [0, 0.05) is 17.5 Å². The number of hydrogen-bond acceptors (Lipinski definition) is 3. The zero-order valence-electron chi connectivity index (χ0n) is 16.8. The van der Waals surface area contributed by atoms with Crippen molar-refractivity contribution in [1.82, 2.24) is 18.7 Å². The highest BCUT2D eigenvalue weighted by molar-refractivity contribution is 5.91. The molecular formula is C24H19FN4O2. The third-order valence-corrected chi connectivity index (χ3v) is 5.52. The lowest BCUT2D eigenvalue weighted by Gasteiger charge is -2.13. The molecule has 6 nitrogen and oxygen atoms in total. The van der Waals surface area contributed by atoms with E-state index in [2.05, 4.69) is 4.98 Å². The fraction of sp³-hybridized carbons (Fsp3) is 0.125. The first-order valence-electron chi connectivity index (χ1n) is 10.0. The summed E-state index contributed by atoms with van der Waals surface area (Å²) in [7, 11) is 0. The lowest BCUT2D eigenvalue weighted by Crippen LogP contribution is -2.39. The van der Waals surface area contributed by atoms with Crippen LogP contribution in [0.4, 0.5) is 4.39 Å². The van der Waals surface area contributed by atoms with E-state index in [1.807, 2.05) is 42.5 Å². The Balaban J connectivity index is 1.84. The molecule has 0 unspecified atom stereocenters. The van der Waals surface area contributed by atoms with Crippen molar-refractivity contribution >= 4 is 21.9 Å². The van der Waals surface area contributed by atoms with Crippen LogP contribution in [0.25, 0.3) is 27.6 Å². The van der Waals surface area contributed by atoms with Gasteiger partial charge in [-0.3, -0.25) is 9.36 Å². The van der Waals surface area contributed by atoms with Gasteiger partial charge in [0.05, 0.1) is 18.6 Å². The SMILES string of the molecule is CCn1c(=O)c2c(ncn2Cc2ccccc2F)n(-c2cccc3ccccc23)c1=O. The number of hydrogen-bond donors (Lipinski definition) is 0. The van der Waals surface area contributed by atoms with Gasteiger partial charge >= 0.3 is 5.69 Å². The summed E-state index contributed by atoms with van der Waals surface area (Å²) in [6.07, 6.45) is 1.49. The Morgan fingerprint density at radius 3 is 2.48 bits per heavy atom. The van der Waals surface area contributed by atoms with Crippen molar-refractivity contribution in [3.8, 4) is 5.69 Å². The van der Waals surface area contributed by atoms with E-state index >= 15 is 0 Å². The summed E-state index contributed by atoms with van der Waals surface area (Å²) in [5, 5.41) is 1.85. The number of fused-ring (bicyclic) bond motifs is 2. The summed E-state index contributed by atoms with van der Waals surface area (Å²) in [6.45, 7) is 2.10. The lowest BCUT2D eigenvalue weighted by atomic mass is 10.1. The first-order chi connectivity index (χ1) is 15.1. The minimum atomic E-state index is -0.451. The summed E-state index contributed by atoms with van der Waals surface area (Å²) < 4.78 is 18.5. The van der Waals surface area contributed by atoms with E-state index in [4.69, 9.17) is 0 Å². The van der Waals surface area contributed by atoms with Crippen LogP contribution < -0.4 is 11.2 Å². The number of halogens is 1. The largest absolute Gasteiger partial charge is 0.337 e. The second-order valence-corrected chi connectivity index (χ2v) is 7.30. The highest BCUT2D eigenvalue weighted by atomic mass is 19.1. The molecular weight excluding hydrogens is 395 g/mol. The van der Waals surface area contributed by atoms with Crippen LogP contribution in [0.15, 0.2) is 82.6 Å². The molecule has 0 fully saturated rings. The van der Waals surface area contributed by atoms with Gasteiger partial charge in [-0.05, 0) is 24.4 Å². The number of nitrogens with zero attached hydrogens (tertiary/aromatic N) is 4. The second kappa shape index (κ2) is 7.36. The smallest absolute Gasteiger partial charge is 0.320 e. The van der Waals surface area contributed by atoms with Crippen molar-refractivity contribution in [2.24, 2.45) is 0 Å². The van der Waals surface area contributed by atoms with Crippen LogP contribution in [0, 0.1) is 5.82 Å². The van der Waals surface area contributed by atoms with Gasteiger partial charge in [0.15, 0.2) is 11.2 Å². The van der Waals surface area contributed by atoms with Crippen LogP contribution in [-0.4, -0.2) is 18.7 Å². The number of rotatable bonds is 4. The normalized spacial score (nSPS) is 11.4. The highest BCUT2D eigenvalue weighted by Crippen LogP contribution is 2.23. The molecule has 0 saturated carbocycles. The van der Waals surface area contributed by atoms with Gasteiger partial charge in [0.1, 0.15) is 5.82 Å². The Bertz CT molecular complexity index is 1560. The first-order valence-corrected chi connectivity index (χ1v) is 10.0. The van der Waals surface area contributed by atoms with E-state index in [0.717, 1.165) is 10.8 Å². The topological polar surface area (TPSA) is 61.8 Å². The minimum Gasteiger partial charge on any atom is -0.320 e. The Hall–Kier alpha value is -4.00. The van der Waals surface area contributed by atoms with Crippen LogP contribution in [0.1, 0.15) is 12.5 Å². The lowest BCUT2D eigenvalue weighted by molar-refractivity contribution is 0.600. The molecule has 31 heavy (non-hydrogen) atoms. The van der Waals surface area contributed by atoms with Crippen molar-refractivity contribution < 1.29 is 4.39 Å². The van der Waals surface area contributed by atoms with Gasteiger partial charge in [-0.25, -0.2) is 18.7 Å². The van der Waals surface area contributed by atoms with Crippen LogP contribution in [0.5, 0.6) is 0 Å². The average molecular weight is 414 g/mol. The van der Waals surface area contributed by atoms with Crippen LogP contribution in [-0.2, 0) is 13.1 Å². The molecule has 0 radical (unpaired) electrons. The van der Waals surface area contributed by atoms with Gasteiger partial charge in [0.2, 0.25) is 0 Å². The van der Waals surface area contributed by atoms with Crippen molar-refractivity contribution in [3.63, 3.8) is 0 Å². The molecule has 0 amide bonds. The number of aromatic nitrogens is 4. The summed E-state index contributed by atoms with van der Waals surface area (Å²) in [5.41, 5.74) is 0.712. The second-order valence-electron chi connectivity index (χ2n) is 7.30. The third kappa shape index (κ3) is 2.97. The van der Waals surface area contributed by atoms with Crippen molar-refractivity contribution in [3.05, 3.63) is 105 Å². The first kappa shape index (κ1) is 19.0. The van der Waals surface area contributed by atoms with E-state index in [0.29, 0.717) is 11.3 Å². The maximum atomic E-state index is 14.2. The molecule has 0 N–H and O–H groups in total. The van der Waals surface area contributed by atoms with Crippen LogP contribution >= 0.6 is 0 Å². The molecule has 0 bridgehead atoms. The Kier molecular flexibility index (Phi) is 4.51. The van der Waals surface area contributed by atoms with E-state index in [9.17, 15) is 14.0 Å². The van der Waals surface area contributed by atoms with E-state index in [-0.39, 0.29) is 30.1 Å². The molecule has 7 heteroatoms. The van der Waals surface area contributed by atoms with E-state index in [1.54, 1.807) is 29.7 Å². The zero-order valence-corrected chi connectivity index (χ0v) is 16.8. The predicted octanol–water partition coefficient (Wildman–Crippen LogP) is 3.71. The number of benzene rings is 3. The van der Waals surface area contributed by atoms with Crippen LogP contribution in [0.2, 0.25) is 0 Å². The molecule has 5 aromatic rings. The average Bonchev–Trinajstić information content (AvgIpc) is 3.19. The van der Waals surface area contributed by atoms with Gasteiger partial charge in [-0.1, -0.05) is 54.6 Å². The maximum Gasteiger partial charge on any atom is 0.337 e. The fourth-order valence-electron chi connectivity index (χ4n) is 4.01. The molecule has 0 aliphatic heterocycles. The quantitative estimate of drug-likeness (QED) is 0.450. The van der Waals surface area contributed by atoms with Crippen molar-refractivity contribution in [2.45, 2.75) is 20.0 Å². The molecule has 0 aliphatic rings. The molecule has 5 rings (SSSR count). The van der Waals surface area contributed by atoms with E-state index < -0.39 is 11.2 Å². The fourth-order valence-corrected chi connectivity index (χ4v) is 4.01. The number of imidazole rings is 1. The minimum absolute atomic E-state index is 0.135. The maximum absolute atomic E-state index is 14.2. The summed E-state index contributed by atoms with van der Waals surface area (Å²) in [5.74, 6) is -0.359. The van der Waals surface area contributed by atoms with Gasteiger partial charge in [-0.15, -0.1) is 0 Å². The Morgan fingerprint density at radius 1 is 0.935 bits per heavy atom. The molecule has 2 heterocycles. The summed E-state index contributed by atoms with van der Waals surface area (Å²) >= 11 is 0. The third-order valence-electron chi connectivity index (χ3n) is 5.52. The predicted molar refractivity (Wildman–Crippen MR) is 118 cm³/mol. The Morgan fingerprint density at radius 2 is 1.68 bits per heavy atom. The molecule has 0 spiro atoms. The van der Waals surface area contributed by atoms with Crippen LogP contribution in [0.3, 0.4) is 0 Å². The highest BCUT2D eigenvalue weighted by Gasteiger charge is 2.20. The molecule has 3 aromatic carbocycles. The van der Waals surface area contributed by atoms with E-state index in [1.165, 1.54) is 21.5 Å². The van der Waals surface area contributed by atoms with Gasteiger partial charge < -0.3 is 4.57 Å². The summed E-state index contributed by atoms with van der Waals surface area (Å²) in [4.78, 5) is 30.9. The molecule has 0 saturated heterocycles.